The summed E-state index contributed by atoms with van der Waals surface area (Å²) in [5.41, 5.74) is 2.53. The summed E-state index contributed by atoms with van der Waals surface area (Å²) in [7, 11) is 1.58. The third kappa shape index (κ3) is 3.76. The highest BCUT2D eigenvalue weighted by Gasteiger charge is 2.33. The van der Waals surface area contributed by atoms with E-state index in [9.17, 15) is 14.4 Å². The van der Waals surface area contributed by atoms with Gasteiger partial charge >= 0.3 is 0 Å². The maximum Gasteiger partial charge on any atom is 0.258 e. The normalized spacial score (nSPS) is 15.8. The molecule has 2 heterocycles. The van der Waals surface area contributed by atoms with Gasteiger partial charge in [-0.15, -0.1) is 0 Å². The number of benzene rings is 2. The lowest BCUT2D eigenvalue weighted by Crippen LogP contribution is -2.52. The number of carbonyl (C=O) groups is 2. The number of hydrogen-bond donors (Lipinski definition) is 2. The van der Waals surface area contributed by atoms with Gasteiger partial charge in [-0.1, -0.05) is 36.4 Å². The first-order valence-corrected chi connectivity index (χ1v) is 9.62. The number of rotatable bonds is 4. The van der Waals surface area contributed by atoms with E-state index < -0.39 is 6.04 Å². The molecule has 1 aromatic heterocycles. The number of likely N-dealkylation sites (N-methyl/N-ethyl adjacent to an activating group) is 1. The second kappa shape index (κ2) is 7.87. The number of fused-ring (bicyclic) bond motifs is 2. The van der Waals surface area contributed by atoms with Crippen LogP contribution < -0.4 is 10.9 Å². The lowest BCUT2D eigenvalue weighted by molar-refractivity contribution is -0.141. The zero-order valence-corrected chi connectivity index (χ0v) is 16.1. The fourth-order valence-corrected chi connectivity index (χ4v) is 3.81. The van der Waals surface area contributed by atoms with Crippen LogP contribution in [0.25, 0.3) is 10.9 Å². The van der Waals surface area contributed by atoms with E-state index in [0.29, 0.717) is 36.1 Å². The van der Waals surface area contributed by atoms with Gasteiger partial charge < -0.3 is 15.2 Å². The molecular weight excluding hydrogens is 368 g/mol. The van der Waals surface area contributed by atoms with E-state index in [1.165, 1.54) is 0 Å². The van der Waals surface area contributed by atoms with E-state index in [2.05, 4.69) is 15.3 Å². The van der Waals surface area contributed by atoms with Crippen molar-refractivity contribution in [3.05, 3.63) is 75.8 Å². The van der Waals surface area contributed by atoms with Crippen molar-refractivity contribution in [1.82, 2.24) is 20.2 Å². The van der Waals surface area contributed by atoms with Crippen LogP contribution in [0.3, 0.4) is 0 Å². The summed E-state index contributed by atoms with van der Waals surface area (Å²) in [6.07, 6.45) is 0.959. The van der Waals surface area contributed by atoms with Crippen LogP contribution in [-0.4, -0.2) is 39.8 Å². The number of aryl methyl sites for hydroxylation is 1. The lowest BCUT2D eigenvalue weighted by Gasteiger charge is -2.35. The van der Waals surface area contributed by atoms with Crippen molar-refractivity contribution in [2.75, 3.05) is 7.05 Å². The molecule has 2 aromatic carbocycles. The molecule has 2 N–H and O–H groups in total. The lowest BCUT2D eigenvalue weighted by atomic mass is 9.93. The van der Waals surface area contributed by atoms with Gasteiger partial charge in [0.15, 0.2) is 0 Å². The zero-order chi connectivity index (χ0) is 20.4. The number of aromatic nitrogens is 2. The molecule has 1 aliphatic heterocycles. The summed E-state index contributed by atoms with van der Waals surface area (Å²) in [5.74, 6) is 0.157. The van der Waals surface area contributed by atoms with Crippen molar-refractivity contribution >= 4 is 22.7 Å². The van der Waals surface area contributed by atoms with Gasteiger partial charge in [-0.3, -0.25) is 14.4 Å². The number of hydrogen-bond acceptors (Lipinski definition) is 4. The van der Waals surface area contributed by atoms with Gasteiger partial charge in [-0.25, -0.2) is 4.98 Å². The molecule has 0 radical (unpaired) electrons. The van der Waals surface area contributed by atoms with Crippen LogP contribution in [0.4, 0.5) is 0 Å². The number of nitrogens with zero attached hydrogens (tertiary/aromatic N) is 2. The Morgan fingerprint density at radius 3 is 2.66 bits per heavy atom. The predicted molar refractivity (Wildman–Crippen MR) is 109 cm³/mol. The third-order valence-electron chi connectivity index (χ3n) is 5.36. The summed E-state index contributed by atoms with van der Waals surface area (Å²) in [6.45, 7) is 0.398. The van der Waals surface area contributed by atoms with Crippen LogP contribution in [-0.2, 0) is 29.0 Å². The molecule has 7 heteroatoms. The molecule has 3 aromatic rings. The maximum absolute atomic E-state index is 13.0. The first-order valence-electron chi connectivity index (χ1n) is 9.62. The highest BCUT2D eigenvalue weighted by Crippen LogP contribution is 2.24. The van der Waals surface area contributed by atoms with Crippen LogP contribution in [0.2, 0.25) is 0 Å². The summed E-state index contributed by atoms with van der Waals surface area (Å²) < 4.78 is 0. The molecular formula is C22H22N4O3. The van der Waals surface area contributed by atoms with Crippen molar-refractivity contribution < 1.29 is 9.59 Å². The zero-order valence-electron chi connectivity index (χ0n) is 16.1. The molecule has 29 heavy (non-hydrogen) atoms. The molecule has 0 bridgehead atoms. The molecule has 7 nitrogen and oxygen atoms in total. The van der Waals surface area contributed by atoms with Gasteiger partial charge in [0, 0.05) is 32.9 Å². The highest BCUT2D eigenvalue weighted by atomic mass is 16.2. The van der Waals surface area contributed by atoms with Gasteiger partial charge in [0.1, 0.15) is 11.9 Å². The van der Waals surface area contributed by atoms with Crippen LogP contribution in [0, 0.1) is 0 Å². The topological polar surface area (TPSA) is 95.2 Å². The Hall–Kier alpha value is -3.48. The molecule has 4 rings (SSSR count). The summed E-state index contributed by atoms with van der Waals surface area (Å²) in [5, 5.41) is 3.18. The van der Waals surface area contributed by atoms with Gasteiger partial charge in [0.05, 0.1) is 10.9 Å². The largest absolute Gasteiger partial charge is 0.357 e. The molecule has 0 spiro atoms. The molecule has 148 valence electrons. The molecule has 1 aliphatic rings. The monoisotopic (exact) mass is 390 g/mol. The summed E-state index contributed by atoms with van der Waals surface area (Å²) in [4.78, 5) is 46.4. The molecule has 0 unspecified atom stereocenters. The third-order valence-corrected chi connectivity index (χ3v) is 5.36. The Kier molecular flexibility index (Phi) is 5.12. The van der Waals surface area contributed by atoms with Gasteiger partial charge in [0.2, 0.25) is 11.8 Å². The van der Waals surface area contributed by atoms with E-state index in [4.69, 9.17) is 0 Å². The molecule has 0 aliphatic carbocycles. The average Bonchev–Trinajstić information content (AvgIpc) is 2.76. The van der Waals surface area contributed by atoms with Crippen LogP contribution in [0.1, 0.15) is 23.4 Å². The first kappa shape index (κ1) is 18.9. The smallest absolute Gasteiger partial charge is 0.258 e. The van der Waals surface area contributed by atoms with Crippen molar-refractivity contribution in [1.29, 1.82) is 0 Å². The molecule has 0 fully saturated rings. The van der Waals surface area contributed by atoms with Crippen LogP contribution >= 0.6 is 0 Å². The van der Waals surface area contributed by atoms with E-state index in [0.717, 1.165) is 11.1 Å². The minimum atomic E-state index is -0.536. The molecule has 1 atom stereocenters. The molecule has 2 amide bonds. The minimum absolute atomic E-state index is 0.135. The molecule has 0 saturated heterocycles. The summed E-state index contributed by atoms with van der Waals surface area (Å²) >= 11 is 0. The second-order valence-electron chi connectivity index (χ2n) is 7.15. The fraction of sp³-hybridized carbons (Fsp3) is 0.273. The minimum Gasteiger partial charge on any atom is -0.357 e. The Balaban J connectivity index is 1.54. The van der Waals surface area contributed by atoms with Crippen molar-refractivity contribution in [2.45, 2.75) is 31.8 Å². The second-order valence-corrected chi connectivity index (χ2v) is 7.15. The highest BCUT2D eigenvalue weighted by molar-refractivity contribution is 5.88. The van der Waals surface area contributed by atoms with Gasteiger partial charge in [-0.2, -0.15) is 0 Å². The first-order chi connectivity index (χ1) is 14.1. The van der Waals surface area contributed by atoms with E-state index in [1.54, 1.807) is 30.1 Å². The number of H-pyrrole nitrogens is 1. The van der Waals surface area contributed by atoms with Crippen molar-refractivity contribution in [3.63, 3.8) is 0 Å². The Morgan fingerprint density at radius 1 is 1.14 bits per heavy atom. The molecule has 0 saturated carbocycles. The van der Waals surface area contributed by atoms with Crippen LogP contribution in [0.5, 0.6) is 0 Å². The van der Waals surface area contributed by atoms with Crippen LogP contribution in [0.15, 0.2) is 53.3 Å². The van der Waals surface area contributed by atoms with Gasteiger partial charge in [0.25, 0.3) is 5.56 Å². The SMILES string of the molecule is CNC(=O)[C@@H]1Cc2ccccc2CN1C(=O)CCc1nc2ccccc2c(=O)[nH]1. The Morgan fingerprint density at radius 2 is 1.86 bits per heavy atom. The van der Waals surface area contributed by atoms with Gasteiger partial charge in [-0.05, 0) is 23.3 Å². The van der Waals surface area contributed by atoms with Crippen molar-refractivity contribution in [2.24, 2.45) is 0 Å². The summed E-state index contributed by atoms with van der Waals surface area (Å²) in [6, 6.07) is 14.4. The number of carbonyl (C=O) groups excluding carboxylic acids is 2. The van der Waals surface area contributed by atoms with E-state index >= 15 is 0 Å². The van der Waals surface area contributed by atoms with E-state index in [-0.39, 0.29) is 23.8 Å². The number of amides is 2. The number of para-hydroxylation sites is 1. The fourth-order valence-electron chi connectivity index (χ4n) is 3.81. The van der Waals surface area contributed by atoms with E-state index in [1.807, 2.05) is 30.3 Å². The Bertz CT molecular complexity index is 1140. The standard InChI is InChI=1S/C22H22N4O3/c1-23-22(29)18-12-14-6-2-3-7-15(14)13-26(18)20(27)11-10-19-24-17-9-5-4-8-16(17)21(28)25-19/h2-9,18H,10-13H2,1H3,(H,23,29)(H,24,25,28)/t18-/m0/s1. The average molecular weight is 390 g/mol. The number of aromatic amines is 1. The quantitative estimate of drug-likeness (QED) is 0.707. The maximum atomic E-state index is 13.0. The number of nitrogens with one attached hydrogen (secondary N) is 2. The predicted octanol–water partition coefficient (Wildman–Crippen LogP) is 1.56. The Labute approximate surface area is 167 Å². The van der Waals surface area contributed by atoms with Crippen molar-refractivity contribution in [3.8, 4) is 0 Å².